The number of anilines is 2. The molecule has 0 unspecified atom stereocenters. The minimum absolute atomic E-state index is 0.238. The van der Waals surface area contributed by atoms with E-state index < -0.39 is 0 Å². The van der Waals surface area contributed by atoms with Gasteiger partial charge in [-0.2, -0.15) is 0 Å². The molecular formula is C24H25N3O4S. The molecule has 1 aromatic heterocycles. The zero-order valence-electron chi connectivity index (χ0n) is 18.0. The molecule has 1 amide bonds. The quantitative estimate of drug-likeness (QED) is 0.540. The van der Waals surface area contributed by atoms with Gasteiger partial charge in [-0.1, -0.05) is 41.7 Å². The van der Waals surface area contributed by atoms with Gasteiger partial charge in [0.15, 0.2) is 16.6 Å². The van der Waals surface area contributed by atoms with Gasteiger partial charge < -0.3 is 24.4 Å². The van der Waals surface area contributed by atoms with E-state index in [0.29, 0.717) is 30.4 Å². The Labute approximate surface area is 191 Å². The SMILES string of the molecule is COc1ccc(NC(=O)/C=C/c2sc(N3CCOCC3)nc2-c2ccccc2)cc1OC. The molecule has 166 valence electrons. The maximum atomic E-state index is 12.6. The van der Waals surface area contributed by atoms with Crippen molar-refractivity contribution in [1.29, 1.82) is 0 Å². The number of hydrogen-bond donors (Lipinski definition) is 1. The van der Waals surface area contributed by atoms with Crippen LogP contribution in [0.15, 0.2) is 54.6 Å². The number of morpholine rings is 1. The Balaban J connectivity index is 1.55. The van der Waals surface area contributed by atoms with Crippen molar-refractivity contribution in [3.63, 3.8) is 0 Å². The molecule has 3 aromatic rings. The lowest BCUT2D eigenvalue weighted by Gasteiger charge is -2.26. The van der Waals surface area contributed by atoms with Crippen LogP contribution in [-0.2, 0) is 9.53 Å². The molecule has 0 aliphatic carbocycles. The zero-order chi connectivity index (χ0) is 22.3. The Kier molecular flexibility index (Phi) is 7.03. The first kappa shape index (κ1) is 21.9. The maximum absolute atomic E-state index is 12.6. The van der Waals surface area contributed by atoms with Crippen molar-refractivity contribution < 1.29 is 19.0 Å². The van der Waals surface area contributed by atoms with E-state index in [1.807, 2.05) is 36.4 Å². The van der Waals surface area contributed by atoms with Crippen LogP contribution >= 0.6 is 11.3 Å². The minimum Gasteiger partial charge on any atom is -0.493 e. The number of nitrogens with zero attached hydrogens (tertiary/aromatic N) is 2. The summed E-state index contributed by atoms with van der Waals surface area (Å²) in [5.41, 5.74) is 2.51. The molecule has 2 aromatic carbocycles. The van der Waals surface area contributed by atoms with Crippen LogP contribution in [0.4, 0.5) is 10.8 Å². The molecule has 0 saturated carbocycles. The number of carbonyl (C=O) groups excluding carboxylic acids is 1. The Hall–Kier alpha value is -3.36. The smallest absolute Gasteiger partial charge is 0.248 e. The van der Waals surface area contributed by atoms with Crippen molar-refractivity contribution in [2.75, 3.05) is 50.7 Å². The number of hydrogen-bond acceptors (Lipinski definition) is 7. The second-order valence-electron chi connectivity index (χ2n) is 7.07. The molecule has 7 nitrogen and oxygen atoms in total. The molecule has 0 bridgehead atoms. The molecule has 4 rings (SSSR count). The average molecular weight is 452 g/mol. The fourth-order valence-corrected chi connectivity index (χ4v) is 4.42. The van der Waals surface area contributed by atoms with E-state index in [2.05, 4.69) is 10.2 Å². The molecule has 0 spiro atoms. The molecule has 8 heteroatoms. The predicted molar refractivity (Wildman–Crippen MR) is 128 cm³/mol. The van der Waals surface area contributed by atoms with Gasteiger partial charge in [0.2, 0.25) is 5.91 Å². The summed E-state index contributed by atoms with van der Waals surface area (Å²) in [6.07, 6.45) is 3.35. The summed E-state index contributed by atoms with van der Waals surface area (Å²) in [7, 11) is 3.13. The van der Waals surface area contributed by atoms with Crippen molar-refractivity contribution in [1.82, 2.24) is 4.98 Å². The van der Waals surface area contributed by atoms with Gasteiger partial charge in [-0.05, 0) is 18.2 Å². The van der Waals surface area contributed by atoms with Crippen LogP contribution in [0.25, 0.3) is 17.3 Å². The van der Waals surface area contributed by atoms with Gasteiger partial charge in [-0.15, -0.1) is 0 Å². The van der Waals surface area contributed by atoms with Crippen LogP contribution < -0.4 is 19.7 Å². The van der Waals surface area contributed by atoms with Crippen LogP contribution in [-0.4, -0.2) is 51.4 Å². The summed E-state index contributed by atoms with van der Waals surface area (Å²) in [4.78, 5) is 20.6. The van der Waals surface area contributed by atoms with Crippen molar-refractivity contribution in [3.8, 4) is 22.8 Å². The fraction of sp³-hybridized carbons (Fsp3) is 0.250. The highest BCUT2D eigenvalue weighted by atomic mass is 32.1. The maximum Gasteiger partial charge on any atom is 0.248 e. The molecule has 32 heavy (non-hydrogen) atoms. The molecule has 1 N–H and O–H groups in total. The third-order valence-corrected chi connectivity index (χ3v) is 6.09. The van der Waals surface area contributed by atoms with E-state index in [0.717, 1.165) is 34.4 Å². The van der Waals surface area contributed by atoms with Gasteiger partial charge in [0.05, 0.1) is 38.0 Å². The number of thiazole rings is 1. The number of carbonyl (C=O) groups is 1. The number of nitrogens with one attached hydrogen (secondary N) is 1. The third-order valence-electron chi connectivity index (χ3n) is 5.01. The summed E-state index contributed by atoms with van der Waals surface area (Å²) in [5.74, 6) is 0.921. The lowest BCUT2D eigenvalue weighted by molar-refractivity contribution is -0.111. The molecule has 1 saturated heterocycles. The summed E-state index contributed by atoms with van der Waals surface area (Å²) >= 11 is 1.58. The number of methoxy groups -OCH3 is 2. The lowest BCUT2D eigenvalue weighted by Crippen LogP contribution is -2.36. The van der Waals surface area contributed by atoms with Crippen LogP contribution in [0.2, 0.25) is 0 Å². The molecule has 1 aliphatic rings. The van der Waals surface area contributed by atoms with Crippen LogP contribution in [0, 0.1) is 0 Å². The van der Waals surface area contributed by atoms with Gasteiger partial charge in [0.1, 0.15) is 0 Å². The Morgan fingerprint density at radius 3 is 2.56 bits per heavy atom. The molecule has 1 aliphatic heterocycles. The Bertz CT molecular complexity index is 1090. The fourth-order valence-electron chi connectivity index (χ4n) is 3.38. The van der Waals surface area contributed by atoms with Crippen molar-refractivity contribution in [2.45, 2.75) is 0 Å². The number of benzene rings is 2. The monoisotopic (exact) mass is 451 g/mol. The van der Waals surface area contributed by atoms with Crippen LogP contribution in [0.1, 0.15) is 4.88 Å². The third kappa shape index (κ3) is 5.09. The second-order valence-corrected chi connectivity index (χ2v) is 8.08. The van der Waals surface area contributed by atoms with Gasteiger partial charge >= 0.3 is 0 Å². The van der Waals surface area contributed by atoms with Gasteiger partial charge in [0.25, 0.3) is 0 Å². The Morgan fingerprint density at radius 2 is 1.84 bits per heavy atom. The summed E-state index contributed by atoms with van der Waals surface area (Å²) in [6.45, 7) is 3.01. The predicted octanol–water partition coefficient (Wildman–Crippen LogP) is 4.32. The van der Waals surface area contributed by atoms with Crippen LogP contribution in [0.3, 0.4) is 0 Å². The topological polar surface area (TPSA) is 72.9 Å². The van der Waals surface area contributed by atoms with E-state index >= 15 is 0 Å². The highest BCUT2D eigenvalue weighted by Gasteiger charge is 2.18. The molecule has 0 radical (unpaired) electrons. The van der Waals surface area contributed by atoms with E-state index in [4.69, 9.17) is 19.2 Å². The zero-order valence-corrected chi connectivity index (χ0v) is 18.9. The molecule has 1 fully saturated rings. The standard InChI is InChI=1S/C24H25N3O4S/c1-29-19-9-8-18(16-20(19)30-2)25-22(28)11-10-21-23(17-6-4-3-5-7-17)26-24(32-21)27-12-14-31-15-13-27/h3-11,16H,12-15H2,1-2H3,(H,25,28)/b11-10+. The summed E-state index contributed by atoms with van der Waals surface area (Å²) in [5, 5.41) is 3.80. The number of ether oxygens (including phenoxy) is 3. The number of aromatic nitrogens is 1. The van der Waals surface area contributed by atoms with Gasteiger partial charge in [0, 0.05) is 36.5 Å². The van der Waals surface area contributed by atoms with E-state index in [-0.39, 0.29) is 5.91 Å². The summed E-state index contributed by atoms with van der Waals surface area (Å²) < 4.78 is 16.0. The van der Waals surface area contributed by atoms with E-state index in [1.165, 1.54) is 6.08 Å². The number of rotatable bonds is 7. The lowest BCUT2D eigenvalue weighted by atomic mass is 10.1. The van der Waals surface area contributed by atoms with Crippen molar-refractivity contribution in [3.05, 3.63) is 59.5 Å². The molecule has 0 atom stereocenters. The summed E-state index contributed by atoms with van der Waals surface area (Å²) in [6, 6.07) is 15.3. The van der Waals surface area contributed by atoms with E-state index in [9.17, 15) is 4.79 Å². The van der Waals surface area contributed by atoms with E-state index in [1.54, 1.807) is 43.8 Å². The molecular weight excluding hydrogens is 426 g/mol. The van der Waals surface area contributed by atoms with Crippen molar-refractivity contribution >= 4 is 34.1 Å². The average Bonchev–Trinajstić information content (AvgIpc) is 3.28. The first-order valence-corrected chi connectivity index (χ1v) is 11.1. The van der Waals surface area contributed by atoms with Crippen molar-refractivity contribution in [2.24, 2.45) is 0 Å². The van der Waals surface area contributed by atoms with Crippen LogP contribution in [0.5, 0.6) is 11.5 Å². The normalized spacial score (nSPS) is 13.9. The first-order valence-electron chi connectivity index (χ1n) is 10.3. The number of amides is 1. The highest BCUT2D eigenvalue weighted by Crippen LogP contribution is 2.34. The largest absolute Gasteiger partial charge is 0.493 e. The Morgan fingerprint density at radius 1 is 1.09 bits per heavy atom. The molecule has 2 heterocycles. The van der Waals surface area contributed by atoms with Gasteiger partial charge in [-0.3, -0.25) is 4.79 Å². The van der Waals surface area contributed by atoms with Gasteiger partial charge in [-0.25, -0.2) is 4.98 Å². The second kappa shape index (κ2) is 10.3. The minimum atomic E-state index is -0.238. The highest BCUT2D eigenvalue weighted by molar-refractivity contribution is 7.17. The first-order chi connectivity index (χ1) is 15.7.